The summed E-state index contributed by atoms with van der Waals surface area (Å²) < 4.78 is 5.36. The molecule has 0 saturated heterocycles. The van der Waals surface area contributed by atoms with E-state index in [0.29, 0.717) is 29.1 Å². The maximum absolute atomic E-state index is 12.8. The molecule has 0 aromatic heterocycles. The largest absolute Gasteiger partial charge is 0.550 e. The molecular formula is C23H21N2O5-. The van der Waals surface area contributed by atoms with Gasteiger partial charge in [-0.25, -0.2) is 0 Å². The van der Waals surface area contributed by atoms with Crippen LogP contribution in [0.2, 0.25) is 0 Å². The van der Waals surface area contributed by atoms with Crippen molar-refractivity contribution in [1.82, 2.24) is 0 Å². The maximum atomic E-state index is 12.8. The van der Waals surface area contributed by atoms with Gasteiger partial charge in [0.15, 0.2) is 0 Å². The van der Waals surface area contributed by atoms with Crippen molar-refractivity contribution in [1.29, 1.82) is 0 Å². The molecule has 2 aliphatic carbocycles. The SMILES string of the molecule is COc1cc(NC(=O)[C@@H]2[C@@H](C(=O)[O-])[C@H]3C=C[C@H]2C3)ccc1NC(=O)c1ccccc1. The van der Waals surface area contributed by atoms with Gasteiger partial charge in [0, 0.05) is 29.2 Å². The average molecular weight is 405 g/mol. The summed E-state index contributed by atoms with van der Waals surface area (Å²) in [5.74, 6) is -3.17. The van der Waals surface area contributed by atoms with Crippen molar-refractivity contribution in [3.8, 4) is 5.75 Å². The molecule has 4 rings (SSSR count). The zero-order chi connectivity index (χ0) is 21.3. The van der Waals surface area contributed by atoms with E-state index in [-0.39, 0.29) is 23.7 Å². The Morgan fingerprint density at radius 3 is 2.33 bits per heavy atom. The third-order valence-electron chi connectivity index (χ3n) is 5.79. The maximum Gasteiger partial charge on any atom is 0.255 e. The highest BCUT2D eigenvalue weighted by atomic mass is 16.5. The number of hydrogen-bond donors (Lipinski definition) is 2. The topological polar surface area (TPSA) is 108 Å². The van der Waals surface area contributed by atoms with Gasteiger partial charge in [0.25, 0.3) is 5.91 Å². The molecule has 30 heavy (non-hydrogen) atoms. The van der Waals surface area contributed by atoms with Crippen LogP contribution in [-0.2, 0) is 9.59 Å². The van der Waals surface area contributed by atoms with Crippen LogP contribution in [0, 0.1) is 23.7 Å². The second-order valence-electron chi connectivity index (χ2n) is 7.54. The van der Waals surface area contributed by atoms with E-state index in [4.69, 9.17) is 4.74 Å². The molecule has 154 valence electrons. The molecule has 2 bridgehead atoms. The summed E-state index contributed by atoms with van der Waals surface area (Å²) in [4.78, 5) is 36.7. The summed E-state index contributed by atoms with van der Waals surface area (Å²) in [7, 11) is 1.46. The van der Waals surface area contributed by atoms with Crippen molar-refractivity contribution in [3.63, 3.8) is 0 Å². The Morgan fingerprint density at radius 1 is 0.967 bits per heavy atom. The number of rotatable bonds is 6. The summed E-state index contributed by atoms with van der Waals surface area (Å²) in [6, 6.07) is 13.6. The predicted molar refractivity (Wildman–Crippen MR) is 109 cm³/mol. The van der Waals surface area contributed by atoms with Crippen LogP contribution in [0.15, 0.2) is 60.7 Å². The number of methoxy groups -OCH3 is 1. The minimum Gasteiger partial charge on any atom is -0.550 e. The van der Waals surface area contributed by atoms with Crippen LogP contribution >= 0.6 is 0 Å². The summed E-state index contributed by atoms with van der Waals surface area (Å²) in [5, 5.41) is 17.1. The number of allylic oxidation sites excluding steroid dienone is 2. The van der Waals surface area contributed by atoms with Crippen molar-refractivity contribution in [3.05, 3.63) is 66.2 Å². The Balaban J connectivity index is 1.49. The molecule has 0 heterocycles. The molecule has 2 amide bonds. The molecule has 2 aliphatic rings. The molecule has 7 nitrogen and oxygen atoms in total. The monoisotopic (exact) mass is 405 g/mol. The van der Waals surface area contributed by atoms with Crippen molar-refractivity contribution >= 4 is 29.2 Å². The van der Waals surface area contributed by atoms with Gasteiger partial charge in [0.1, 0.15) is 5.75 Å². The van der Waals surface area contributed by atoms with E-state index >= 15 is 0 Å². The Morgan fingerprint density at radius 2 is 1.67 bits per heavy atom. The van der Waals surface area contributed by atoms with Gasteiger partial charge in [-0.2, -0.15) is 0 Å². The number of benzene rings is 2. The number of carbonyl (C=O) groups is 3. The van der Waals surface area contributed by atoms with Gasteiger partial charge in [-0.1, -0.05) is 30.4 Å². The van der Waals surface area contributed by atoms with Crippen LogP contribution in [0.3, 0.4) is 0 Å². The summed E-state index contributed by atoms with van der Waals surface area (Å²) in [6.45, 7) is 0. The second kappa shape index (κ2) is 8.02. The normalized spacial score (nSPS) is 23.8. The van der Waals surface area contributed by atoms with Crippen LogP contribution < -0.4 is 20.5 Å². The zero-order valence-corrected chi connectivity index (χ0v) is 16.3. The summed E-state index contributed by atoms with van der Waals surface area (Å²) in [6.07, 6.45) is 4.43. The Hall–Kier alpha value is -3.61. The second-order valence-corrected chi connectivity index (χ2v) is 7.54. The molecule has 1 fully saturated rings. The molecule has 0 radical (unpaired) electrons. The summed E-state index contributed by atoms with van der Waals surface area (Å²) in [5.41, 5.74) is 1.42. The van der Waals surface area contributed by atoms with Gasteiger partial charge < -0.3 is 25.3 Å². The Labute approximate surface area is 173 Å². The fourth-order valence-corrected chi connectivity index (χ4v) is 4.38. The van der Waals surface area contributed by atoms with Crippen LogP contribution in [0.25, 0.3) is 0 Å². The molecule has 1 saturated carbocycles. The number of carbonyl (C=O) groups excluding carboxylic acids is 3. The van der Waals surface area contributed by atoms with E-state index in [1.54, 1.807) is 42.5 Å². The predicted octanol–water partition coefficient (Wildman–Crippen LogP) is 2.07. The van der Waals surface area contributed by atoms with Gasteiger partial charge in [-0.3, -0.25) is 9.59 Å². The van der Waals surface area contributed by atoms with Crippen molar-refractivity contribution in [2.24, 2.45) is 23.7 Å². The molecule has 2 aromatic rings. The molecule has 0 aliphatic heterocycles. The lowest BCUT2D eigenvalue weighted by atomic mass is 9.82. The fourth-order valence-electron chi connectivity index (χ4n) is 4.38. The molecule has 0 unspecified atom stereocenters. The first-order valence-corrected chi connectivity index (χ1v) is 9.72. The average Bonchev–Trinajstić information content (AvgIpc) is 3.37. The molecule has 2 N–H and O–H groups in total. The number of nitrogens with one attached hydrogen (secondary N) is 2. The number of anilines is 2. The molecule has 7 heteroatoms. The molecule has 0 spiro atoms. The van der Waals surface area contributed by atoms with Gasteiger partial charge in [-0.05, 0) is 42.5 Å². The number of ether oxygens (including phenoxy) is 1. The van der Waals surface area contributed by atoms with E-state index < -0.39 is 17.8 Å². The minimum absolute atomic E-state index is 0.0933. The van der Waals surface area contributed by atoms with Crippen LogP contribution in [0.1, 0.15) is 16.8 Å². The lowest BCUT2D eigenvalue weighted by Crippen LogP contribution is -2.42. The van der Waals surface area contributed by atoms with Crippen molar-refractivity contribution < 1.29 is 24.2 Å². The smallest absolute Gasteiger partial charge is 0.255 e. The standard InChI is InChI=1S/C23H22N2O5/c1-30-18-12-16(9-10-17(18)25-21(26)13-5-3-2-4-6-13)24-22(27)19-14-7-8-15(11-14)20(19)23(28)29/h2-10,12,14-15,19-20H,11H2,1H3,(H,24,27)(H,25,26)(H,28,29)/p-1/t14-,15-,19-,20-/m0/s1. The van der Waals surface area contributed by atoms with E-state index in [2.05, 4.69) is 10.6 Å². The number of hydrogen-bond acceptors (Lipinski definition) is 5. The number of carboxylic acids is 1. The van der Waals surface area contributed by atoms with E-state index in [1.807, 2.05) is 18.2 Å². The lowest BCUT2D eigenvalue weighted by molar-refractivity contribution is -0.313. The molecular weight excluding hydrogens is 384 g/mol. The van der Waals surface area contributed by atoms with E-state index in [9.17, 15) is 19.5 Å². The van der Waals surface area contributed by atoms with Crippen molar-refractivity contribution in [2.45, 2.75) is 6.42 Å². The Bertz CT molecular complexity index is 1020. The first-order chi connectivity index (χ1) is 14.5. The van der Waals surface area contributed by atoms with Crippen molar-refractivity contribution in [2.75, 3.05) is 17.7 Å². The van der Waals surface area contributed by atoms with Gasteiger partial charge >= 0.3 is 0 Å². The highest BCUT2D eigenvalue weighted by molar-refractivity contribution is 6.05. The Kier molecular flexibility index (Phi) is 5.27. The number of carboxylic acid groups (broad SMARTS) is 1. The molecule has 4 atom stereocenters. The zero-order valence-electron chi connectivity index (χ0n) is 16.3. The number of amides is 2. The number of aliphatic carboxylic acids is 1. The third kappa shape index (κ3) is 3.66. The highest BCUT2D eigenvalue weighted by Crippen LogP contribution is 2.48. The van der Waals surface area contributed by atoms with E-state index in [1.165, 1.54) is 7.11 Å². The molecule has 2 aromatic carbocycles. The lowest BCUT2D eigenvalue weighted by Gasteiger charge is -2.27. The van der Waals surface area contributed by atoms with Crippen LogP contribution in [-0.4, -0.2) is 24.9 Å². The van der Waals surface area contributed by atoms with Gasteiger partial charge in [0.05, 0.1) is 18.7 Å². The highest BCUT2D eigenvalue weighted by Gasteiger charge is 2.48. The van der Waals surface area contributed by atoms with E-state index in [0.717, 1.165) is 0 Å². The minimum atomic E-state index is -1.19. The summed E-state index contributed by atoms with van der Waals surface area (Å²) >= 11 is 0. The van der Waals surface area contributed by atoms with Gasteiger partial charge in [-0.15, -0.1) is 0 Å². The third-order valence-corrected chi connectivity index (χ3v) is 5.79. The number of fused-ring (bicyclic) bond motifs is 2. The quantitative estimate of drug-likeness (QED) is 0.716. The first kappa shape index (κ1) is 19.7. The first-order valence-electron chi connectivity index (χ1n) is 9.72. The van der Waals surface area contributed by atoms with Gasteiger partial charge in [0.2, 0.25) is 5.91 Å². The fraction of sp³-hybridized carbons (Fsp3) is 0.261. The van der Waals surface area contributed by atoms with Crippen LogP contribution in [0.4, 0.5) is 11.4 Å². The van der Waals surface area contributed by atoms with Crippen LogP contribution in [0.5, 0.6) is 5.75 Å².